The van der Waals surface area contributed by atoms with Crippen LogP contribution in [0.5, 0.6) is 0 Å². The number of nitrogens with zero attached hydrogens (tertiary/aromatic N) is 2. The van der Waals surface area contributed by atoms with Gasteiger partial charge in [0.05, 0.1) is 12.2 Å². The number of thiazole rings is 1. The van der Waals surface area contributed by atoms with E-state index in [0.29, 0.717) is 24.8 Å². The van der Waals surface area contributed by atoms with Gasteiger partial charge in [0.15, 0.2) is 10.9 Å². The molecule has 0 radical (unpaired) electrons. The Morgan fingerprint density at radius 3 is 2.92 bits per heavy atom. The zero-order valence-corrected chi connectivity index (χ0v) is 15.3. The first-order valence-electron chi connectivity index (χ1n) is 8.91. The normalized spacial score (nSPS) is 19.9. The highest BCUT2D eigenvalue weighted by Crippen LogP contribution is 2.29. The summed E-state index contributed by atoms with van der Waals surface area (Å²) < 4.78 is 5.41. The molecule has 1 aromatic heterocycles. The number of Topliss-reactive ketones (excluding diaryl/α,β-unsaturated/α-hetero) is 1. The van der Waals surface area contributed by atoms with Crippen molar-refractivity contribution in [3.63, 3.8) is 0 Å². The van der Waals surface area contributed by atoms with Gasteiger partial charge in [-0.05, 0) is 12.8 Å². The molecule has 26 heavy (non-hydrogen) atoms. The van der Waals surface area contributed by atoms with Crippen LogP contribution in [0.25, 0.3) is 0 Å². The van der Waals surface area contributed by atoms with Gasteiger partial charge in [-0.3, -0.25) is 19.8 Å². The Kier molecular flexibility index (Phi) is 5.10. The molecule has 0 bridgehead atoms. The maximum Gasteiger partial charge on any atom is 0.255 e. The molecule has 4 rings (SSSR count). The Balaban J connectivity index is 1.37. The molecule has 1 amide bonds. The number of ketones is 1. The van der Waals surface area contributed by atoms with Crippen molar-refractivity contribution < 1.29 is 14.3 Å². The van der Waals surface area contributed by atoms with Crippen LogP contribution in [0.3, 0.4) is 0 Å². The maximum absolute atomic E-state index is 12.4. The fourth-order valence-electron chi connectivity index (χ4n) is 3.33. The van der Waals surface area contributed by atoms with Gasteiger partial charge >= 0.3 is 0 Å². The second kappa shape index (κ2) is 7.65. The standard InChI is InChI=1S/C19H21N3O3S/c23-15(13-5-2-1-3-6-13)11-22-9-8-14-17(12-22)26-19(20-14)21-18(24)16-7-4-10-25-16/h1-3,5-6,16H,4,7-12H2,(H,20,21,24). The number of carbonyl (C=O) groups excluding carboxylic acids is 2. The second-order valence-electron chi connectivity index (χ2n) is 6.63. The molecule has 1 unspecified atom stereocenters. The molecule has 7 heteroatoms. The summed E-state index contributed by atoms with van der Waals surface area (Å²) in [6, 6.07) is 9.38. The molecular weight excluding hydrogens is 350 g/mol. The van der Waals surface area contributed by atoms with E-state index in [1.54, 1.807) is 0 Å². The third-order valence-electron chi connectivity index (χ3n) is 4.73. The number of hydrogen-bond acceptors (Lipinski definition) is 6. The van der Waals surface area contributed by atoms with Gasteiger partial charge in [0.1, 0.15) is 6.10 Å². The van der Waals surface area contributed by atoms with Crippen LogP contribution in [-0.4, -0.2) is 47.4 Å². The number of carbonyl (C=O) groups is 2. The monoisotopic (exact) mass is 371 g/mol. The van der Waals surface area contributed by atoms with Gasteiger partial charge in [-0.2, -0.15) is 0 Å². The zero-order valence-electron chi connectivity index (χ0n) is 14.4. The summed E-state index contributed by atoms with van der Waals surface area (Å²) in [5.74, 6) is 0.0233. The van der Waals surface area contributed by atoms with Crippen LogP contribution in [0.1, 0.15) is 33.8 Å². The van der Waals surface area contributed by atoms with Gasteiger partial charge < -0.3 is 4.74 Å². The van der Waals surface area contributed by atoms with E-state index < -0.39 is 0 Å². The van der Waals surface area contributed by atoms with Crippen molar-refractivity contribution in [1.29, 1.82) is 0 Å². The molecule has 1 atom stereocenters. The number of benzene rings is 1. The first kappa shape index (κ1) is 17.3. The topological polar surface area (TPSA) is 71.5 Å². The van der Waals surface area contributed by atoms with Gasteiger partial charge in [-0.1, -0.05) is 30.3 Å². The van der Waals surface area contributed by atoms with E-state index in [2.05, 4.69) is 15.2 Å². The average Bonchev–Trinajstić information content (AvgIpc) is 3.31. The lowest BCUT2D eigenvalue weighted by Gasteiger charge is -2.24. The predicted molar refractivity (Wildman–Crippen MR) is 99.5 cm³/mol. The summed E-state index contributed by atoms with van der Waals surface area (Å²) in [7, 11) is 0. The number of hydrogen-bond donors (Lipinski definition) is 1. The minimum atomic E-state index is -0.351. The van der Waals surface area contributed by atoms with Gasteiger partial charge in [0, 0.05) is 36.6 Å². The van der Waals surface area contributed by atoms with Crippen molar-refractivity contribution in [2.75, 3.05) is 25.0 Å². The fraction of sp³-hybridized carbons (Fsp3) is 0.421. The SMILES string of the molecule is O=C(CN1CCc2nc(NC(=O)C3CCCO3)sc2C1)c1ccccc1. The van der Waals surface area contributed by atoms with Crippen molar-refractivity contribution in [3.05, 3.63) is 46.5 Å². The molecule has 0 aliphatic carbocycles. The number of rotatable bonds is 5. The molecular formula is C19H21N3O3S. The number of ether oxygens (including phenoxy) is 1. The first-order valence-corrected chi connectivity index (χ1v) is 9.72. The Morgan fingerprint density at radius 2 is 2.15 bits per heavy atom. The van der Waals surface area contributed by atoms with Gasteiger partial charge in [-0.25, -0.2) is 4.98 Å². The van der Waals surface area contributed by atoms with Crippen molar-refractivity contribution in [2.24, 2.45) is 0 Å². The molecule has 1 saturated heterocycles. The van der Waals surface area contributed by atoms with Crippen molar-refractivity contribution in [3.8, 4) is 0 Å². The predicted octanol–water partition coefficient (Wildman–Crippen LogP) is 2.50. The van der Waals surface area contributed by atoms with E-state index >= 15 is 0 Å². The molecule has 2 aromatic rings. The van der Waals surface area contributed by atoms with Crippen LogP contribution < -0.4 is 5.32 Å². The number of aromatic nitrogens is 1. The molecule has 3 heterocycles. The molecule has 2 aliphatic heterocycles. The average molecular weight is 371 g/mol. The van der Waals surface area contributed by atoms with Gasteiger partial charge in [-0.15, -0.1) is 11.3 Å². The van der Waals surface area contributed by atoms with Crippen molar-refractivity contribution in [2.45, 2.75) is 31.9 Å². The quantitative estimate of drug-likeness (QED) is 0.818. The number of amides is 1. The summed E-state index contributed by atoms with van der Waals surface area (Å²) in [4.78, 5) is 32.4. The minimum Gasteiger partial charge on any atom is -0.368 e. The van der Waals surface area contributed by atoms with Crippen LogP contribution >= 0.6 is 11.3 Å². The Bertz CT molecular complexity index is 800. The fourth-order valence-corrected chi connectivity index (χ4v) is 4.38. The number of fused-ring (bicyclic) bond motifs is 1. The third-order valence-corrected chi connectivity index (χ3v) is 5.72. The van der Waals surface area contributed by atoms with E-state index in [9.17, 15) is 9.59 Å². The van der Waals surface area contributed by atoms with Crippen LogP contribution in [0.15, 0.2) is 30.3 Å². The van der Waals surface area contributed by atoms with Crippen LogP contribution in [0.4, 0.5) is 5.13 Å². The smallest absolute Gasteiger partial charge is 0.255 e. The molecule has 2 aliphatic rings. The molecule has 6 nitrogen and oxygen atoms in total. The van der Waals surface area contributed by atoms with E-state index in [1.807, 2.05) is 30.3 Å². The Morgan fingerprint density at radius 1 is 1.31 bits per heavy atom. The van der Waals surface area contributed by atoms with E-state index in [-0.39, 0.29) is 17.8 Å². The molecule has 1 fully saturated rings. The molecule has 136 valence electrons. The van der Waals surface area contributed by atoms with Crippen LogP contribution in [0.2, 0.25) is 0 Å². The number of nitrogens with one attached hydrogen (secondary N) is 1. The van der Waals surface area contributed by atoms with Gasteiger partial charge in [0.25, 0.3) is 5.91 Å². The van der Waals surface area contributed by atoms with E-state index in [4.69, 9.17) is 4.74 Å². The Hall–Kier alpha value is -2.09. The van der Waals surface area contributed by atoms with E-state index in [0.717, 1.165) is 41.9 Å². The highest BCUT2D eigenvalue weighted by Gasteiger charge is 2.26. The lowest BCUT2D eigenvalue weighted by molar-refractivity contribution is -0.124. The van der Waals surface area contributed by atoms with E-state index in [1.165, 1.54) is 11.3 Å². The summed E-state index contributed by atoms with van der Waals surface area (Å²) >= 11 is 1.50. The highest BCUT2D eigenvalue weighted by molar-refractivity contribution is 7.15. The molecule has 1 aromatic carbocycles. The summed E-state index contributed by atoms with van der Waals surface area (Å²) in [5, 5.41) is 3.51. The van der Waals surface area contributed by atoms with Gasteiger partial charge in [0.2, 0.25) is 0 Å². The van der Waals surface area contributed by atoms with Crippen LogP contribution in [0, 0.1) is 0 Å². The zero-order chi connectivity index (χ0) is 17.9. The largest absolute Gasteiger partial charge is 0.368 e. The molecule has 0 spiro atoms. The number of anilines is 1. The maximum atomic E-state index is 12.4. The third kappa shape index (κ3) is 3.85. The molecule has 0 saturated carbocycles. The van der Waals surface area contributed by atoms with Crippen molar-refractivity contribution in [1.82, 2.24) is 9.88 Å². The lowest BCUT2D eigenvalue weighted by Crippen LogP contribution is -2.34. The van der Waals surface area contributed by atoms with Crippen molar-refractivity contribution >= 4 is 28.2 Å². The highest BCUT2D eigenvalue weighted by atomic mass is 32.1. The first-order chi connectivity index (χ1) is 12.7. The summed E-state index contributed by atoms with van der Waals surface area (Å²) in [6.07, 6.45) is 2.14. The lowest BCUT2D eigenvalue weighted by atomic mass is 10.1. The van der Waals surface area contributed by atoms with Crippen LogP contribution in [-0.2, 0) is 22.5 Å². The minimum absolute atomic E-state index is 0.107. The summed E-state index contributed by atoms with van der Waals surface area (Å²) in [6.45, 7) is 2.55. The second-order valence-corrected chi connectivity index (χ2v) is 7.71. The Labute approximate surface area is 156 Å². The molecule has 1 N–H and O–H groups in total. The summed E-state index contributed by atoms with van der Waals surface area (Å²) in [5.41, 5.74) is 1.77.